The quantitative estimate of drug-likeness (QED) is 0.871. The smallest absolute Gasteiger partial charge is 0.258 e. The number of amides is 1. The van der Waals surface area contributed by atoms with Crippen LogP contribution in [0.2, 0.25) is 0 Å². The highest BCUT2D eigenvalue weighted by atomic mass is 32.2. The summed E-state index contributed by atoms with van der Waals surface area (Å²) in [5.74, 6) is -0.275. The Morgan fingerprint density at radius 3 is 2.59 bits per heavy atom. The summed E-state index contributed by atoms with van der Waals surface area (Å²) in [6.45, 7) is 0. The van der Waals surface area contributed by atoms with Crippen LogP contribution in [0.1, 0.15) is 16.8 Å². The molecular formula is C15H16N2O4S. The standard InChI is InChI=1S/C15H16N2O4S/c1-17-8-13(11-4-2-3-5-12(11)15(17)19)14(18)16-10-6-7-22(20,21)9-10/h2-5,8,10H,6-7,9H2,1H3,(H,16,18). The van der Waals surface area contributed by atoms with Gasteiger partial charge < -0.3 is 9.88 Å². The maximum absolute atomic E-state index is 12.5. The molecule has 3 rings (SSSR count). The van der Waals surface area contributed by atoms with Gasteiger partial charge in [0.15, 0.2) is 9.84 Å². The highest BCUT2D eigenvalue weighted by Gasteiger charge is 2.29. The van der Waals surface area contributed by atoms with Crippen molar-refractivity contribution in [2.24, 2.45) is 7.05 Å². The zero-order valence-electron chi connectivity index (χ0n) is 12.1. The van der Waals surface area contributed by atoms with Crippen LogP contribution >= 0.6 is 0 Å². The highest BCUT2D eigenvalue weighted by molar-refractivity contribution is 7.91. The third-order valence-corrected chi connectivity index (χ3v) is 5.67. The fourth-order valence-corrected chi connectivity index (χ4v) is 4.44. The van der Waals surface area contributed by atoms with Crippen molar-refractivity contribution >= 4 is 26.5 Å². The normalized spacial score (nSPS) is 20.1. The van der Waals surface area contributed by atoms with Gasteiger partial charge in [-0.1, -0.05) is 18.2 Å². The van der Waals surface area contributed by atoms with Crippen LogP contribution in [0.15, 0.2) is 35.3 Å². The van der Waals surface area contributed by atoms with Gasteiger partial charge in [-0.15, -0.1) is 0 Å². The zero-order valence-corrected chi connectivity index (χ0v) is 12.9. The summed E-state index contributed by atoms with van der Waals surface area (Å²) in [5, 5.41) is 3.80. The number of rotatable bonds is 2. The number of pyridine rings is 1. The number of sulfone groups is 1. The molecule has 0 saturated carbocycles. The maximum Gasteiger partial charge on any atom is 0.258 e. The van der Waals surface area contributed by atoms with E-state index >= 15 is 0 Å². The molecule has 1 aromatic heterocycles. The molecule has 22 heavy (non-hydrogen) atoms. The molecule has 1 aromatic carbocycles. The Kier molecular flexibility index (Phi) is 3.52. The molecule has 0 radical (unpaired) electrons. The molecule has 1 unspecified atom stereocenters. The molecule has 2 heterocycles. The van der Waals surface area contributed by atoms with Crippen LogP contribution in [0, 0.1) is 0 Å². The monoisotopic (exact) mass is 320 g/mol. The molecule has 116 valence electrons. The Bertz CT molecular complexity index is 915. The van der Waals surface area contributed by atoms with Gasteiger partial charge in [-0.3, -0.25) is 9.59 Å². The van der Waals surface area contributed by atoms with Gasteiger partial charge in [-0.2, -0.15) is 0 Å². The number of carbonyl (C=O) groups excluding carboxylic acids is 1. The van der Waals surface area contributed by atoms with Crippen molar-refractivity contribution in [1.82, 2.24) is 9.88 Å². The Hall–Kier alpha value is -2.15. The molecule has 1 atom stereocenters. The lowest BCUT2D eigenvalue weighted by Gasteiger charge is -2.13. The van der Waals surface area contributed by atoms with Crippen LogP contribution in [0.5, 0.6) is 0 Å². The molecule has 1 saturated heterocycles. The fourth-order valence-electron chi connectivity index (χ4n) is 2.77. The number of hydrogen-bond donors (Lipinski definition) is 1. The molecule has 1 fully saturated rings. The first kappa shape index (κ1) is 14.8. The van der Waals surface area contributed by atoms with Crippen LogP contribution in [0.4, 0.5) is 0 Å². The molecular weight excluding hydrogens is 304 g/mol. The second-order valence-corrected chi connectivity index (χ2v) is 7.81. The maximum atomic E-state index is 12.5. The van der Waals surface area contributed by atoms with Gasteiger partial charge in [0.05, 0.1) is 17.1 Å². The van der Waals surface area contributed by atoms with Gasteiger partial charge >= 0.3 is 0 Å². The fraction of sp³-hybridized carbons (Fsp3) is 0.333. The molecule has 1 aliphatic heterocycles. The first-order valence-corrected chi connectivity index (χ1v) is 8.79. The van der Waals surface area contributed by atoms with E-state index in [1.807, 2.05) is 0 Å². The first-order chi connectivity index (χ1) is 10.4. The average molecular weight is 320 g/mol. The Morgan fingerprint density at radius 1 is 1.27 bits per heavy atom. The lowest BCUT2D eigenvalue weighted by Crippen LogP contribution is -2.36. The number of nitrogens with zero attached hydrogens (tertiary/aromatic N) is 1. The topological polar surface area (TPSA) is 85.2 Å². The van der Waals surface area contributed by atoms with Crippen molar-refractivity contribution in [3.05, 3.63) is 46.4 Å². The van der Waals surface area contributed by atoms with Crippen LogP contribution in [-0.2, 0) is 16.9 Å². The van der Waals surface area contributed by atoms with Gasteiger partial charge in [0, 0.05) is 30.1 Å². The number of aromatic nitrogens is 1. The lowest BCUT2D eigenvalue weighted by molar-refractivity contribution is 0.0942. The second kappa shape index (κ2) is 5.24. The number of carbonyl (C=O) groups is 1. The highest BCUT2D eigenvalue weighted by Crippen LogP contribution is 2.17. The predicted octanol–water partition coefficient (Wildman–Crippen LogP) is 0.455. The first-order valence-electron chi connectivity index (χ1n) is 6.97. The Morgan fingerprint density at radius 2 is 1.95 bits per heavy atom. The summed E-state index contributed by atoms with van der Waals surface area (Å²) in [6, 6.07) is 6.53. The predicted molar refractivity (Wildman–Crippen MR) is 83.7 cm³/mol. The molecule has 0 spiro atoms. The van der Waals surface area contributed by atoms with Gasteiger partial charge in [0.25, 0.3) is 11.5 Å². The van der Waals surface area contributed by atoms with E-state index in [0.29, 0.717) is 22.8 Å². The van der Waals surface area contributed by atoms with Gasteiger partial charge in [-0.25, -0.2) is 8.42 Å². The van der Waals surface area contributed by atoms with Crippen LogP contribution in [0.3, 0.4) is 0 Å². The number of benzene rings is 1. The third kappa shape index (κ3) is 2.64. The Labute approximate surface area is 127 Å². The lowest BCUT2D eigenvalue weighted by atomic mass is 10.1. The van der Waals surface area contributed by atoms with Crippen LogP contribution in [0.25, 0.3) is 10.8 Å². The SMILES string of the molecule is Cn1cc(C(=O)NC2CCS(=O)(=O)C2)c2ccccc2c1=O. The van der Waals surface area contributed by atoms with E-state index in [9.17, 15) is 18.0 Å². The minimum absolute atomic E-state index is 0.0254. The number of hydrogen-bond acceptors (Lipinski definition) is 4. The van der Waals surface area contributed by atoms with Crippen molar-refractivity contribution in [1.29, 1.82) is 0 Å². The molecule has 1 amide bonds. The Balaban J connectivity index is 1.98. The van der Waals surface area contributed by atoms with E-state index in [4.69, 9.17) is 0 Å². The molecule has 1 aliphatic rings. The molecule has 0 aliphatic carbocycles. The number of fused-ring (bicyclic) bond motifs is 1. The molecule has 2 aromatic rings. The van der Waals surface area contributed by atoms with Crippen LogP contribution < -0.4 is 10.9 Å². The van der Waals surface area contributed by atoms with Crippen molar-refractivity contribution in [3.63, 3.8) is 0 Å². The summed E-state index contributed by atoms with van der Waals surface area (Å²) < 4.78 is 24.3. The number of nitrogens with one attached hydrogen (secondary N) is 1. The molecule has 6 nitrogen and oxygen atoms in total. The molecule has 7 heteroatoms. The average Bonchev–Trinajstić information content (AvgIpc) is 2.81. The van der Waals surface area contributed by atoms with Gasteiger partial charge in [-0.05, 0) is 12.5 Å². The number of aryl methyl sites for hydroxylation is 1. The van der Waals surface area contributed by atoms with E-state index in [1.54, 1.807) is 31.3 Å². The third-order valence-electron chi connectivity index (χ3n) is 3.90. The summed E-state index contributed by atoms with van der Waals surface area (Å²) in [6.07, 6.45) is 1.92. The van der Waals surface area contributed by atoms with Crippen molar-refractivity contribution in [2.45, 2.75) is 12.5 Å². The van der Waals surface area contributed by atoms with E-state index < -0.39 is 9.84 Å². The molecule has 0 bridgehead atoms. The van der Waals surface area contributed by atoms with E-state index in [2.05, 4.69) is 5.32 Å². The van der Waals surface area contributed by atoms with Crippen molar-refractivity contribution in [3.8, 4) is 0 Å². The van der Waals surface area contributed by atoms with E-state index in [1.165, 1.54) is 10.8 Å². The second-order valence-electron chi connectivity index (χ2n) is 5.58. The largest absolute Gasteiger partial charge is 0.348 e. The van der Waals surface area contributed by atoms with Gasteiger partial charge in [0.1, 0.15) is 0 Å². The zero-order chi connectivity index (χ0) is 15.9. The van der Waals surface area contributed by atoms with Crippen molar-refractivity contribution in [2.75, 3.05) is 11.5 Å². The summed E-state index contributed by atoms with van der Waals surface area (Å²) in [5.41, 5.74) is 0.206. The summed E-state index contributed by atoms with van der Waals surface area (Å²) in [4.78, 5) is 24.6. The van der Waals surface area contributed by atoms with E-state index in [0.717, 1.165) is 0 Å². The van der Waals surface area contributed by atoms with Gasteiger partial charge in [0.2, 0.25) is 0 Å². The summed E-state index contributed by atoms with van der Waals surface area (Å²) >= 11 is 0. The molecule has 1 N–H and O–H groups in total. The summed E-state index contributed by atoms with van der Waals surface area (Å²) in [7, 11) is -1.46. The van der Waals surface area contributed by atoms with E-state index in [-0.39, 0.29) is 29.0 Å². The van der Waals surface area contributed by atoms with Crippen LogP contribution in [-0.4, -0.2) is 36.4 Å². The van der Waals surface area contributed by atoms with Crippen molar-refractivity contribution < 1.29 is 13.2 Å². The minimum atomic E-state index is -3.05. The minimum Gasteiger partial charge on any atom is -0.348 e.